The van der Waals surface area contributed by atoms with Gasteiger partial charge >= 0.3 is 5.97 Å². The zero-order valence-electron chi connectivity index (χ0n) is 9.91. The van der Waals surface area contributed by atoms with E-state index in [1.54, 1.807) is 11.8 Å². The molecule has 0 aromatic rings. The van der Waals surface area contributed by atoms with Gasteiger partial charge in [0.1, 0.15) is 5.92 Å². The number of esters is 1. The molecule has 0 rings (SSSR count). The third-order valence-electron chi connectivity index (χ3n) is 1.98. The summed E-state index contributed by atoms with van der Waals surface area (Å²) in [4.78, 5) is 22.9. The van der Waals surface area contributed by atoms with Gasteiger partial charge < -0.3 is 4.74 Å². The number of Topliss-reactive ketones (excluding diaryl/α,β-unsaturated/α-hetero) is 1. The molecule has 88 valence electrons. The summed E-state index contributed by atoms with van der Waals surface area (Å²) in [6.07, 6.45) is 0.522. The van der Waals surface area contributed by atoms with Crippen molar-refractivity contribution in [1.29, 1.82) is 0 Å². The van der Waals surface area contributed by atoms with Gasteiger partial charge in [-0.05, 0) is 18.1 Å². The topological polar surface area (TPSA) is 43.4 Å². The summed E-state index contributed by atoms with van der Waals surface area (Å²) in [7, 11) is 1.32. The fourth-order valence-corrected chi connectivity index (χ4v) is 2.16. The Hall–Kier alpha value is -0.510. The van der Waals surface area contributed by atoms with E-state index < -0.39 is 11.9 Å². The minimum absolute atomic E-state index is 0.0185. The van der Waals surface area contributed by atoms with E-state index in [0.717, 1.165) is 5.75 Å². The molecular formula is C11H20O3S. The number of carbonyl (C=O) groups is 2. The van der Waals surface area contributed by atoms with E-state index in [1.165, 1.54) is 7.11 Å². The monoisotopic (exact) mass is 232 g/mol. The van der Waals surface area contributed by atoms with E-state index in [0.29, 0.717) is 18.1 Å². The highest BCUT2D eigenvalue weighted by atomic mass is 32.2. The van der Waals surface area contributed by atoms with Crippen molar-refractivity contribution < 1.29 is 14.3 Å². The maximum absolute atomic E-state index is 11.6. The average Bonchev–Trinajstić information content (AvgIpc) is 2.18. The molecule has 4 heteroatoms. The van der Waals surface area contributed by atoms with Gasteiger partial charge in [0.05, 0.1) is 12.9 Å². The standard InChI is InChI=1S/C11H20O3S/c1-5-9(11(13)14-4)10(12)7-15-6-8(2)3/h8-9H,5-7H2,1-4H3. The van der Waals surface area contributed by atoms with Gasteiger partial charge in [-0.3, -0.25) is 9.59 Å². The van der Waals surface area contributed by atoms with Crippen molar-refractivity contribution in [2.75, 3.05) is 18.6 Å². The first-order valence-corrected chi connectivity index (χ1v) is 6.36. The quantitative estimate of drug-likeness (QED) is 0.498. The summed E-state index contributed by atoms with van der Waals surface area (Å²) in [6, 6.07) is 0. The molecule has 0 aliphatic carbocycles. The van der Waals surface area contributed by atoms with E-state index in [1.807, 2.05) is 6.92 Å². The number of rotatable bonds is 7. The summed E-state index contributed by atoms with van der Waals surface area (Å²) < 4.78 is 4.58. The molecule has 0 amide bonds. The van der Waals surface area contributed by atoms with Crippen molar-refractivity contribution in [3.63, 3.8) is 0 Å². The number of hydrogen-bond acceptors (Lipinski definition) is 4. The van der Waals surface area contributed by atoms with Crippen LogP contribution in [-0.4, -0.2) is 30.4 Å². The van der Waals surface area contributed by atoms with Gasteiger partial charge in [0.25, 0.3) is 0 Å². The van der Waals surface area contributed by atoms with Crippen molar-refractivity contribution in [1.82, 2.24) is 0 Å². The molecule has 0 heterocycles. The summed E-state index contributed by atoms with van der Waals surface area (Å²) >= 11 is 1.58. The predicted molar refractivity (Wildman–Crippen MR) is 63.0 cm³/mol. The maximum Gasteiger partial charge on any atom is 0.316 e. The van der Waals surface area contributed by atoms with Crippen LogP contribution >= 0.6 is 11.8 Å². The number of thioether (sulfide) groups is 1. The predicted octanol–water partition coefficient (Wildman–Crippen LogP) is 2.14. The number of ketones is 1. The lowest BCUT2D eigenvalue weighted by Crippen LogP contribution is -2.26. The van der Waals surface area contributed by atoms with Crippen LogP contribution < -0.4 is 0 Å². The molecule has 1 atom stereocenters. The Morgan fingerprint density at radius 2 is 1.93 bits per heavy atom. The largest absolute Gasteiger partial charge is 0.468 e. The van der Waals surface area contributed by atoms with Crippen LogP contribution in [0, 0.1) is 11.8 Å². The smallest absolute Gasteiger partial charge is 0.316 e. The molecule has 0 spiro atoms. The summed E-state index contributed by atoms with van der Waals surface area (Å²) in [5.41, 5.74) is 0. The van der Waals surface area contributed by atoms with Crippen LogP contribution in [0.3, 0.4) is 0 Å². The van der Waals surface area contributed by atoms with Crippen LogP contribution in [-0.2, 0) is 14.3 Å². The molecule has 0 N–H and O–H groups in total. The molecule has 1 unspecified atom stereocenters. The highest BCUT2D eigenvalue weighted by Crippen LogP contribution is 2.13. The molecule has 0 aromatic carbocycles. The Bertz CT molecular complexity index is 214. The zero-order chi connectivity index (χ0) is 11.8. The SMILES string of the molecule is CCC(C(=O)CSCC(C)C)C(=O)OC. The molecule has 3 nitrogen and oxygen atoms in total. The van der Waals surface area contributed by atoms with Crippen molar-refractivity contribution in [2.45, 2.75) is 27.2 Å². The Balaban J connectivity index is 4.00. The fourth-order valence-electron chi connectivity index (χ4n) is 1.16. The lowest BCUT2D eigenvalue weighted by atomic mass is 10.0. The molecule has 0 aliphatic heterocycles. The van der Waals surface area contributed by atoms with Gasteiger partial charge in [0, 0.05) is 0 Å². The Labute approximate surface area is 95.9 Å². The Morgan fingerprint density at radius 3 is 2.33 bits per heavy atom. The van der Waals surface area contributed by atoms with Gasteiger partial charge in [-0.15, -0.1) is 0 Å². The fraction of sp³-hybridized carbons (Fsp3) is 0.818. The van der Waals surface area contributed by atoms with Crippen molar-refractivity contribution in [3.8, 4) is 0 Å². The number of carbonyl (C=O) groups excluding carboxylic acids is 2. The average molecular weight is 232 g/mol. The van der Waals surface area contributed by atoms with Crippen LogP contribution in [0.1, 0.15) is 27.2 Å². The Morgan fingerprint density at radius 1 is 1.33 bits per heavy atom. The molecule has 0 aliphatic rings. The van der Waals surface area contributed by atoms with Gasteiger partial charge in [0.15, 0.2) is 5.78 Å². The van der Waals surface area contributed by atoms with Gasteiger partial charge in [-0.1, -0.05) is 20.8 Å². The van der Waals surface area contributed by atoms with E-state index in [9.17, 15) is 9.59 Å². The van der Waals surface area contributed by atoms with Gasteiger partial charge in [0.2, 0.25) is 0 Å². The summed E-state index contributed by atoms with van der Waals surface area (Å²) in [5.74, 6) is 0.924. The molecule has 15 heavy (non-hydrogen) atoms. The first-order valence-electron chi connectivity index (χ1n) is 5.21. The van der Waals surface area contributed by atoms with Crippen molar-refractivity contribution in [2.24, 2.45) is 11.8 Å². The molecule has 0 bridgehead atoms. The first kappa shape index (κ1) is 14.5. The van der Waals surface area contributed by atoms with Crippen LogP contribution in [0.2, 0.25) is 0 Å². The molecule has 0 saturated heterocycles. The van der Waals surface area contributed by atoms with E-state index in [-0.39, 0.29) is 5.78 Å². The third kappa shape index (κ3) is 5.82. The summed E-state index contributed by atoms with van der Waals surface area (Å²) in [5, 5.41) is 0. The highest BCUT2D eigenvalue weighted by molar-refractivity contribution is 7.99. The molecule has 0 aromatic heterocycles. The normalized spacial score (nSPS) is 12.6. The van der Waals surface area contributed by atoms with Crippen molar-refractivity contribution in [3.05, 3.63) is 0 Å². The molecule has 0 saturated carbocycles. The van der Waals surface area contributed by atoms with E-state index >= 15 is 0 Å². The maximum atomic E-state index is 11.6. The lowest BCUT2D eigenvalue weighted by Gasteiger charge is -2.11. The third-order valence-corrected chi connectivity index (χ3v) is 3.37. The molecule has 0 fully saturated rings. The van der Waals surface area contributed by atoms with Crippen LogP contribution in [0.5, 0.6) is 0 Å². The number of hydrogen-bond donors (Lipinski definition) is 0. The molecule has 0 radical (unpaired) electrons. The Kier molecular flexibility index (Phi) is 7.48. The second-order valence-corrected chi connectivity index (χ2v) is 4.89. The first-order chi connectivity index (χ1) is 7.02. The van der Waals surface area contributed by atoms with Crippen LogP contribution in [0.4, 0.5) is 0 Å². The van der Waals surface area contributed by atoms with Gasteiger partial charge in [-0.2, -0.15) is 11.8 Å². The number of methoxy groups -OCH3 is 1. The number of ether oxygens (including phenoxy) is 1. The van der Waals surface area contributed by atoms with E-state index in [2.05, 4.69) is 18.6 Å². The second-order valence-electron chi connectivity index (χ2n) is 3.86. The highest BCUT2D eigenvalue weighted by Gasteiger charge is 2.24. The van der Waals surface area contributed by atoms with Crippen LogP contribution in [0.15, 0.2) is 0 Å². The van der Waals surface area contributed by atoms with E-state index in [4.69, 9.17) is 0 Å². The lowest BCUT2D eigenvalue weighted by molar-refractivity contribution is -0.148. The summed E-state index contributed by atoms with van der Waals surface area (Å²) in [6.45, 7) is 6.04. The van der Waals surface area contributed by atoms with Crippen LogP contribution in [0.25, 0.3) is 0 Å². The minimum atomic E-state index is -0.574. The minimum Gasteiger partial charge on any atom is -0.468 e. The molecular weight excluding hydrogens is 212 g/mol. The zero-order valence-corrected chi connectivity index (χ0v) is 10.7. The second kappa shape index (κ2) is 7.74. The van der Waals surface area contributed by atoms with Crippen molar-refractivity contribution >= 4 is 23.5 Å². The van der Waals surface area contributed by atoms with Gasteiger partial charge in [-0.25, -0.2) is 0 Å².